The van der Waals surface area contributed by atoms with Gasteiger partial charge in [-0.1, -0.05) is 17.3 Å². The molecule has 0 saturated carbocycles. The summed E-state index contributed by atoms with van der Waals surface area (Å²) < 4.78 is 10.2. The molecule has 0 aliphatic rings. The summed E-state index contributed by atoms with van der Waals surface area (Å²) in [6.45, 7) is 5.88. The molecule has 3 N–H and O–H groups in total. The number of carbonyl (C=O) groups excluding carboxylic acids is 2. The maximum Gasteiger partial charge on any atom is 0.315 e. The monoisotopic (exact) mass is 374 g/mol. The molecule has 0 fully saturated rings. The van der Waals surface area contributed by atoms with Crippen molar-refractivity contribution in [2.45, 2.75) is 39.8 Å². The molecule has 0 radical (unpaired) electrons. The predicted molar refractivity (Wildman–Crippen MR) is 101 cm³/mol. The fourth-order valence-electron chi connectivity index (χ4n) is 2.59. The Morgan fingerprint density at radius 3 is 2.48 bits per heavy atom. The Balaban J connectivity index is 1.68. The molecule has 1 heterocycles. The highest BCUT2D eigenvalue weighted by Gasteiger charge is 2.15. The lowest BCUT2D eigenvalue weighted by Crippen LogP contribution is -2.45. The topological polar surface area (TPSA) is 105 Å². The van der Waals surface area contributed by atoms with Crippen LogP contribution in [0.5, 0.6) is 5.75 Å². The Bertz CT molecular complexity index is 751. The van der Waals surface area contributed by atoms with Crippen LogP contribution in [0.3, 0.4) is 0 Å². The highest BCUT2D eigenvalue weighted by atomic mass is 16.5. The lowest BCUT2D eigenvalue weighted by atomic mass is 10.1. The summed E-state index contributed by atoms with van der Waals surface area (Å²) in [7, 11) is 1.60. The van der Waals surface area contributed by atoms with Gasteiger partial charge in [0, 0.05) is 18.2 Å². The summed E-state index contributed by atoms with van der Waals surface area (Å²) in [5.74, 6) is 1.24. The van der Waals surface area contributed by atoms with Crippen molar-refractivity contribution < 1.29 is 18.8 Å². The molecular weight excluding hydrogens is 348 g/mol. The molecule has 0 spiro atoms. The molecule has 1 aromatic heterocycles. The molecule has 146 valence electrons. The van der Waals surface area contributed by atoms with E-state index in [2.05, 4.69) is 21.1 Å². The van der Waals surface area contributed by atoms with Gasteiger partial charge in [-0.3, -0.25) is 4.79 Å². The lowest BCUT2D eigenvalue weighted by molar-refractivity contribution is -0.120. The van der Waals surface area contributed by atoms with Crippen LogP contribution >= 0.6 is 0 Å². The summed E-state index contributed by atoms with van der Waals surface area (Å²) in [6.07, 6.45) is 0.609. The molecule has 27 heavy (non-hydrogen) atoms. The van der Waals surface area contributed by atoms with E-state index < -0.39 is 6.03 Å². The maximum absolute atomic E-state index is 11.9. The van der Waals surface area contributed by atoms with Crippen LogP contribution in [0.15, 0.2) is 28.8 Å². The Labute approximate surface area is 158 Å². The first-order valence-corrected chi connectivity index (χ1v) is 8.74. The number of urea groups is 1. The molecule has 8 heteroatoms. The van der Waals surface area contributed by atoms with E-state index in [0.717, 1.165) is 28.3 Å². The van der Waals surface area contributed by atoms with Crippen molar-refractivity contribution in [1.82, 2.24) is 21.1 Å². The SMILES string of the molecule is COc1ccc(CNC(=O)CNC(=O)NC(C)Cc2c(C)noc2C)cc1. The van der Waals surface area contributed by atoms with Gasteiger partial charge >= 0.3 is 6.03 Å². The molecule has 2 aromatic rings. The lowest BCUT2D eigenvalue weighted by Gasteiger charge is -2.14. The van der Waals surface area contributed by atoms with Gasteiger partial charge < -0.3 is 25.2 Å². The Hall–Kier alpha value is -3.03. The Morgan fingerprint density at radius 1 is 1.19 bits per heavy atom. The van der Waals surface area contributed by atoms with Crippen LogP contribution in [0.4, 0.5) is 4.79 Å². The minimum Gasteiger partial charge on any atom is -0.497 e. The van der Waals surface area contributed by atoms with E-state index in [0.29, 0.717) is 13.0 Å². The van der Waals surface area contributed by atoms with Crippen LogP contribution in [0.2, 0.25) is 0 Å². The van der Waals surface area contributed by atoms with Gasteiger partial charge in [0.05, 0.1) is 19.3 Å². The van der Waals surface area contributed by atoms with Crippen molar-refractivity contribution in [2.24, 2.45) is 0 Å². The van der Waals surface area contributed by atoms with Gasteiger partial charge in [0.1, 0.15) is 11.5 Å². The smallest absolute Gasteiger partial charge is 0.315 e. The second-order valence-electron chi connectivity index (χ2n) is 6.36. The number of aryl methyl sites for hydroxylation is 2. The third kappa shape index (κ3) is 6.32. The molecule has 2 rings (SSSR count). The summed E-state index contributed by atoms with van der Waals surface area (Å²) in [5.41, 5.74) is 2.75. The van der Waals surface area contributed by atoms with Crippen LogP contribution in [-0.2, 0) is 17.8 Å². The van der Waals surface area contributed by atoms with E-state index in [1.54, 1.807) is 7.11 Å². The third-order valence-corrected chi connectivity index (χ3v) is 4.13. The zero-order valence-electron chi connectivity index (χ0n) is 16.1. The molecule has 1 atom stereocenters. The fourth-order valence-corrected chi connectivity index (χ4v) is 2.59. The average Bonchev–Trinajstić information content (AvgIpc) is 2.97. The molecule has 1 unspecified atom stereocenters. The van der Waals surface area contributed by atoms with Crippen molar-refractivity contribution >= 4 is 11.9 Å². The van der Waals surface area contributed by atoms with Crippen LogP contribution in [0, 0.1) is 13.8 Å². The second-order valence-corrected chi connectivity index (χ2v) is 6.36. The van der Waals surface area contributed by atoms with Gasteiger partial charge in [0.15, 0.2) is 0 Å². The van der Waals surface area contributed by atoms with E-state index in [4.69, 9.17) is 9.26 Å². The van der Waals surface area contributed by atoms with Crippen molar-refractivity contribution in [3.63, 3.8) is 0 Å². The minimum atomic E-state index is -0.395. The number of nitrogens with zero attached hydrogens (tertiary/aromatic N) is 1. The summed E-state index contributed by atoms with van der Waals surface area (Å²) in [5, 5.41) is 12.0. The van der Waals surface area contributed by atoms with Gasteiger partial charge in [0.25, 0.3) is 0 Å². The number of ether oxygens (including phenoxy) is 1. The molecule has 0 aliphatic carbocycles. The van der Waals surface area contributed by atoms with Crippen LogP contribution in [0.25, 0.3) is 0 Å². The molecule has 3 amide bonds. The zero-order valence-corrected chi connectivity index (χ0v) is 16.1. The molecule has 8 nitrogen and oxygen atoms in total. The third-order valence-electron chi connectivity index (χ3n) is 4.13. The van der Waals surface area contributed by atoms with Crippen LogP contribution in [0.1, 0.15) is 29.5 Å². The average molecular weight is 374 g/mol. The van der Waals surface area contributed by atoms with Crippen molar-refractivity contribution in [2.75, 3.05) is 13.7 Å². The number of hydrogen-bond donors (Lipinski definition) is 3. The highest BCUT2D eigenvalue weighted by molar-refractivity contribution is 5.83. The second kappa shape index (κ2) is 9.61. The standard InChI is InChI=1S/C19H26N4O4/c1-12(9-17-13(2)23-27-14(17)3)22-19(25)21-11-18(24)20-10-15-5-7-16(26-4)8-6-15/h5-8,12H,9-11H2,1-4H3,(H,20,24)(H2,21,22,25). The zero-order chi connectivity index (χ0) is 19.8. The number of benzene rings is 1. The van der Waals surface area contributed by atoms with E-state index in [1.165, 1.54) is 0 Å². The molecule has 0 bridgehead atoms. The van der Waals surface area contributed by atoms with E-state index in [-0.39, 0.29) is 18.5 Å². The van der Waals surface area contributed by atoms with Gasteiger partial charge in [-0.15, -0.1) is 0 Å². The number of rotatable bonds is 8. The largest absolute Gasteiger partial charge is 0.497 e. The first-order chi connectivity index (χ1) is 12.9. The van der Waals surface area contributed by atoms with E-state index in [1.807, 2.05) is 45.0 Å². The first kappa shape index (κ1) is 20.3. The molecule has 0 aliphatic heterocycles. The Morgan fingerprint density at radius 2 is 1.89 bits per heavy atom. The predicted octanol–water partition coefficient (Wildman–Crippen LogP) is 1.85. The summed E-state index contributed by atoms with van der Waals surface area (Å²) in [4.78, 5) is 23.8. The summed E-state index contributed by atoms with van der Waals surface area (Å²) >= 11 is 0. The van der Waals surface area contributed by atoms with Gasteiger partial charge in [0.2, 0.25) is 5.91 Å². The first-order valence-electron chi connectivity index (χ1n) is 8.74. The van der Waals surface area contributed by atoms with Crippen molar-refractivity contribution in [1.29, 1.82) is 0 Å². The quantitative estimate of drug-likeness (QED) is 0.654. The number of aromatic nitrogens is 1. The number of amides is 3. The minimum absolute atomic E-state index is 0.0972. The maximum atomic E-state index is 11.9. The number of hydrogen-bond acceptors (Lipinski definition) is 5. The highest BCUT2D eigenvalue weighted by Crippen LogP contribution is 2.14. The van der Waals surface area contributed by atoms with Crippen LogP contribution in [-0.4, -0.2) is 36.8 Å². The molecule has 0 saturated heterocycles. The fraction of sp³-hybridized carbons (Fsp3) is 0.421. The normalized spacial score (nSPS) is 11.6. The van der Waals surface area contributed by atoms with Gasteiger partial charge in [-0.25, -0.2) is 4.79 Å². The Kier molecular flexibility index (Phi) is 7.22. The van der Waals surface area contributed by atoms with Gasteiger partial charge in [-0.2, -0.15) is 0 Å². The molecule has 1 aromatic carbocycles. The van der Waals surface area contributed by atoms with Crippen LogP contribution < -0.4 is 20.7 Å². The van der Waals surface area contributed by atoms with Gasteiger partial charge in [-0.05, 0) is 44.9 Å². The van der Waals surface area contributed by atoms with Crippen molar-refractivity contribution in [3.05, 3.63) is 46.8 Å². The number of nitrogens with one attached hydrogen (secondary N) is 3. The number of methoxy groups -OCH3 is 1. The summed E-state index contributed by atoms with van der Waals surface area (Å²) in [6, 6.07) is 6.88. The molecular formula is C19H26N4O4. The van der Waals surface area contributed by atoms with E-state index >= 15 is 0 Å². The van der Waals surface area contributed by atoms with E-state index in [9.17, 15) is 9.59 Å². The number of carbonyl (C=O) groups is 2. The van der Waals surface area contributed by atoms with Crippen molar-refractivity contribution in [3.8, 4) is 5.75 Å².